The zero-order valence-corrected chi connectivity index (χ0v) is 16.0. The predicted octanol–water partition coefficient (Wildman–Crippen LogP) is 5.38. The van der Waals surface area contributed by atoms with E-state index in [2.05, 4.69) is 20.8 Å². The van der Waals surface area contributed by atoms with E-state index in [0.29, 0.717) is 5.56 Å². The van der Waals surface area contributed by atoms with Crippen molar-refractivity contribution in [2.24, 2.45) is 5.10 Å². The number of hydrogen-bond donors (Lipinski definition) is 2. The van der Waals surface area contributed by atoms with Crippen LogP contribution in [0.3, 0.4) is 0 Å². The molecular formula is C22H18N4OS. The molecule has 4 aromatic rings. The van der Waals surface area contributed by atoms with Gasteiger partial charge in [0.05, 0.1) is 15.9 Å². The summed E-state index contributed by atoms with van der Waals surface area (Å²) in [6, 6.07) is 24.7. The topological polar surface area (TPSA) is 66.4 Å². The van der Waals surface area contributed by atoms with Gasteiger partial charge in [-0.1, -0.05) is 53.8 Å². The van der Waals surface area contributed by atoms with Gasteiger partial charge in [0, 0.05) is 11.3 Å². The van der Waals surface area contributed by atoms with Crippen molar-refractivity contribution in [1.29, 1.82) is 0 Å². The maximum Gasteiger partial charge on any atom is 0.255 e. The lowest BCUT2D eigenvalue weighted by molar-refractivity contribution is 0.102. The predicted molar refractivity (Wildman–Crippen MR) is 116 cm³/mol. The molecule has 1 aromatic heterocycles. The second-order valence-electron chi connectivity index (χ2n) is 6.19. The Balaban J connectivity index is 1.42. The Hall–Kier alpha value is -3.51. The number of anilines is 2. The molecule has 0 aliphatic heterocycles. The number of rotatable bonds is 5. The fourth-order valence-electron chi connectivity index (χ4n) is 2.70. The minimum absolute atomic E-state index is 0.128. The summed E-state index contributed by atoms with van der Waals surface area (Å²) in [7, 11) is 0. The molecule has 0 atom stereocenters. The minimum atomic E-state index is -0.128. The first-order valence-corrected chi connectivity index (χ1v) is 9.63. The number of thiazole rings is 1. The second kappa shape index (κ2) is 8.02. The average molecular weight is 386 g/mol. The lowest BCUT2D eigenvalue weighted by Crippen LogP contribution is -2.11. The van der Waals surface area contributed by atoms with E-state index in [1.54, 1.807) is 23.5 Å². The first-order chi connectivity index (χ1) is 13.7. The molecule has 6 heteroatoms. The number of benzene rings is 3. The summed E-state index contributed by atoms with van der Waals surface area (Å²) in [5.74, 6) is -0.128. The SMILES string of the molecule is C/C(=N/Nc1nc2ccccc2s1)c1ccc(NC(=O)c2ccccc2)cc1. The lowest BCUT2D eigenvalue weighted by Gasteiger charge is -2.07. The van der Waals surface area contributed by atoms with E-state index >= 15 is 0 Å². The Bertz CT molecular complexity index is 1100. The van der Waals surface area contributed by atoms with E-state index in [1.165, 1.54) is 0 Å². The van der Waals surface area contributed by atoms with Crippen molar-refractivity contribution in [3.05, 3.63) is 90.0 Å². The van der Waals surface area contributed by atoms with Gasteiger partial charge in [0.1, 0.15) is 0 Å². The summed E-state index contributed by atoms with van der Waals surface area (Å²) in [5.41, 5.74) is 7.15. The smallest absolute Gasteiger partial charge is 0.255 e. The number of amides is 1. The summed E-state index contributed by atoms with van der Waals surface area (Å²) >= 11 is 1.56. The van der Waals surface area contributed by atoms with Crippen molar-refractivity contribution in [1.82, 2.24) is 4.98 Å². The van der Waals surface area contributed by atoms with Crippen LogP contribution in [0.5, 0.6) is 0 Å². The molecule has 1 heterocycles. The van der Waals surface area contributed by atoms with E-state index in [0.717, 1.165) is 32.3 Å². The van der Waals surface area contributed by atoms with Crippen molar-refractivity contribution in [3.63, 3.8) is 0 Å². The summed E-state index contributed by atoms with van der Waals surface area (Å²) in [4.78, 5) is 16.7. The normalized spacial score (nSPS) is 11.4. The van der Waals surface area contributed by atoms with Crippen molar-refractivity contribution in [2.75, 3.05) is 10.7 Å². The average Bonchev–Trinajstić information content (AvgIpc) is 3.16. The number of nitrogens with one attached hydrogen (secondary N) is 2. The third-order valence-corrected chi connectivity index (χ3v) is 5.15. The van der Waals surface area contributed by atoms with E-state index in [1.807, 2.05) is 73.7 Å². The van der Waals surface area contributed by atoms with Gasteiger partial charge in [0.25, 0.3) is 5.91 Å². The first-order valence-electron chi connectivity index (χ1n) is 8.82. The zero-order valence-electron chi connectivity index (χ0n) is 15.2. The molecule has 2 N–H and O–H groups in total. The molecule has 0 saturated heterocycles. The van der Waals surface area contributed by atoms with Crippen LogP contribution >= 0.6 is 11.3 Å². The lowest BCUT2D eigenvalue weighted by atomic mass is 10.1. The molecule has 28 heavy (non-hydrogen) atoms. The minimum Gasteiger partial charge on any atom is -0.322 e. The number of aromatic nitrogens is 1. The van der Waals surface area contributed by atoms with Crippen LogP contribution in [0.15, 0.2) is 84.0 Å². The molecule has 0 spiro atoms. The van der Waals surface area contributed by atoms with Crippen LogP contribution in [0.25, 0.3) is 10.2 Å². The van der Waals surface area contributed by atoms with E-state index in [9.17, 15) is 4.79 Å². The van der Waals surface area contributed by atoms with Gasteiger partial charge in [0.15, 0.2) is 0 Å². The molecule has 5 nitrogen and oxygen atoms in total. The van der Waals surface area contributed by atoms with Gasteiger partial charge in [-0.2, -0.15) is 5.10 Å². The van der Waals surface area contributed by atoms with Gasteiger partial charge < -0.3 is 5.32 Å². The summed E-state index contributed by atoms with van der Waals surface area (Å²) in [5, 5.41) is 8.08. The van der Waals surface area contributed by atoms with Gasteiger partial charge in [-0.25, -0.2) is 4.98 Å². The molecule has 0 aliphatic rings. The maximum atomic E-state index is 12.2. The number of para-hydroxylation sites is 1. The van der Waals surface area contributed by atoms with Crippen LogP contribution in [-0.4, -0.2) is 16.6 Å². The van der Waals surface area contributed by atoms with Crippen LogP contribution in [0.4, 0.5) is 10.8 Å². The molecule has 0 aliphatic carbocycles. The molecule has 138 valence electrons. The van der Waals surface area contributed by atoms with Crippen LogP contribution in [0, 0.1) is 0 Å². The van der Waals surface area contributed by atoms with E-state index in [4.69, 9.17) is 0 Å². The monoisotopic (exact) mass is 386 g/mol. The Morgan fingerprint density at radius 3 is 2.36 bits per heavy atom. The number of carbonyl (C=O) groups excluding carboxylic acids is 1. The van der Waals surface area contributed by atoms with Gasteiger partial charge in [0.2, 0.25) is 5.13 Å². The molecule has 4 rings (SSSR count). The number of carbonyl (C=O) groups is 1. The van der Waals surface area contributed by atoms with Gasteiger partial charge in [-0.15, -0.1) is 0 Å². The molecule has 3 aromatic carbocycles. The number of fused-ring (bicyclic) bond motifs is 1. The molecule has 0 bridgehead atoms. The molecule has 0 fully saturated rings. The third kappa shape index (κ3) is 4.07. The number of hydrogen-bond acceptors (Lipinski definition) is 5. The van der Waals surface area contributed by atoms with E-state index < -0.39 is 0 Å². The first kappa shape index (κ1) is 17.9. The summed E-state index contributed by atoms with van der Waals surface area (Å²) in [6.45, 7) is 1.93. The van der Waals surface area contributed by atoms with Crippen molar-refractivity contribution >= 4 is 44.0 Å². The highest BCUT2D eigenvalue weighted by atomic mass is 32.1. The summed E-state index contributed by atoms with van der Waals surface area (Å²) < 4.78 is 1.12. The van der Waals surface area contributed by atoms with Crippen molar-refractivity contribution in [2.45, 2.75) is 6.92 Å². The highest BCUT2D eigenvalue weighted by Crippen LogP contribution is 2.25. The third-order valence-electron chi connectivity index (χ3n) is 4.21. The van der Waals surface area contributed by atoms with Crippen molar-refractivity contribution < 1.29 is 4.79 Å². The Morgan fingerprint density at radius 1 is 0.893 bits per heavy atom. The number of hydrazone groups is 1. The highest BCUT2D eigenvalue weighted by molar-refractivity contribution is 7.22. The van der Waals surface area contributed by atoms with E-state index in [-0.39, 0.29) is 5.91 Å². The Kier molecular flexibility index (Phi) is 5.12. The Labute approximate surface area is 166 Å². The van der Waals surface area contributed by atoms with Crippen LogP contribution in [-0.2, 0) is 0 Å². The van der Waals surface area contributed by atoms with Gasteiger partial charge >= 0.3 is 0 Å². The summed E-state index contributed by atoms with van der Waals surface area (Å²) in [6.07, 6.45) is 0. The van der Waals surface area contributed by atoms with Crippen LogP contribution in [0.2, 0.25) is 0 Å². The van der Waals surface area contributed by atoms with Gasteiger partial charge in [-0.05, 0) is 48.9 Å². The van der Waals surface area contributed by atoms with Crippen LogP contribution < -0.4 is 10.7 Å². The zero-order chi connectivity index (χ0) is 19.3. The fraction of sp³-hybridized carbons (Fsp3) is 0.0455. The molecular weight excluding hydrogens is 368 g/mol. The highest BCUT2D eigenvalue weighted by Gasteiger charge is 2.06. The Morgan fingerprint density at radius 2 is 1.61 bits per heavy atom. The second-order valence-corrected chi connectivity index (χ2v) is 7.22. The molecule has 0 radical (unpaired) electrons. The number of nitrogens with zero attached hydrogens (tertiary/aromatic N) is 2. The quantitative estimate of drug-likeness (QED) is 0.357. The molecule has 0 saturated carbocycles. The molecule has 1 amide bonds. The van der Waals surface area contributed by atoms with Gasteiger partial charge in [-0.3, -0.25) is 10.2 Å². The van der Waals surface area contributed by atoms with Crippen LogP contribution in [0.1, 0.15) is 22.8 Å². The van der Waals surface area contributed by atoms with Crippen molar-refractivity contribution in [3.8, 4) is 0 Å². The standard InChI is InChI=1S/C22H18N4OS/c1-15(25-26-22-24-19-9-5-6-10-20(19)28-22)16-11-13-18(14-12-16)23-21(27)17-7-3-2-4-8-17/h2-14H,1H3,(H,23,27)(H,24,26)/b25-15-. The molecule has 0 unspecified atom stereocenters. The fourth-order valence-corrected chi connectivity index (χ4v) is 3.51. The largest absolute Gasteiger partial charge is 0.322 e. The maximum absolute atomic E-state index is 12.2.